The maximum atomic E-state index is 11.8. The van der Waals surface area contributed by atoms with Gasteiger partial charge in [-0.25, -0.2) is 0 Å². The standard InChI is InChI=1S/C15H19N3O2/c1-11(2)9-18-15(19)12(8-16)10-17-13-6-4-5-7-14(13)20-3/h4-7,10-11,17H,9H2,1-3H3,(H,18,19)/b12-10-. The fourth-order valence-corrected chi connectivity index (χ4v) is 1.45. The number of nitrogens with one attached hydrogen (secondary N) is 2. The molecule has 0 bridgehead atoms. The van der Waals surface area contributed by atoms with E-state index < -0.39 is 0 Å². The summed E-state index contributed by atoms with van der Waals surface area (Å²) in [5.41, 5.74) is 0.718. The fraction of sp³-hybridized carbons (Fsp3) is 0.333. The molecule has 1 aromatic carbocycles. The molecule has 0 radical (unpaired) electrons. The molecule has 0 saturated heterocycles. The van der Waals surface area contributed by atoms with Crippen LogP contribution in [0.3, 0.4) is 0 Å². The van der Waals surface area contributed by atoms with Gasteiger partial charge in [0, 0.05) is 12.7 Å². The van der Waals surface area contributed by atoms with Crippen molar-refractivity contribution in [2.75, 3.05) is 19.0 Å². The van der Waals surface area contributed by atoms with E-state index in [2.05, 4.69) is 10.6 Å². The number of amides is 1. The van der Waals surface area contributed by atoms with Gasteiger partial charge in [0.2, 0.25) is 0 Å². The fourth-order valence-electron chi connectivity index (χ4n) is 1.45. The van der Waals surface area contributed by atoms with Gasteiger partial charge >= 0.3 is 0 Å². The second kappa shape index (κ2) is 7.85. The highest BCUT2D eigenvalue weighted by molar-refractivity contribution is 5.97. The molecule has 0 aromatic heterocycles. The number of benzene rings is 1. The van der Waals surface area contributed by atoms with E-state index in [1.165, 1.54) is 6.20 Å². The van der Waals surface area contributed by atoms with Gasteiger partial charge in [-0.15, -0.1) is 0 Å². The van der Waals surface area contributed by atoms with Crippen molar-refractivity contribution in [1.82, 2.24) is 5.32 Å². The number of ether oxygens (including phenoxy) is 1. The van der Waals surface area contributed by atoms with Crippen LogP contribution in [0.5, 0.6) is 5.75 Å². The van der Waals surface area contributed by atoms with Crippen LogP contribution in [0.2, 0.25) is 0 Å². The van der Waals surface area contributed by atoms with E-state index in [1.807, 2.05) is 32.0 Å². The van der Waals surface area contributed by atoms with E-state index in [0.717, 1.165) is 0 Å². The predicted octanol–water partition coefficient (Wildman–Crippen LogP) is 2.29. The Bertz CT molecular complexity index is 530. The SMILES string of the molecule is COc1ccccc1N/C=C(/C#N)C(=O)NCC(C)C. The zero-order valence-corrected chi connectivity index (χ0v) is 11.9. The molecule has 20 heavy (non-hydrogen) atoms. The second-order valence-electron chi connectivity index (χ2n) is 4.62. The van der Waals surface area contributed by atoms with Crippen molar-refractivity contribution in [2.24, 2.45) is 5.92 Å². The lowest BCUT2D eigenvalue weighted by atomic mass is 10.2. The Labute approximate surface area is 119 Å². The molecule has 0 aliphatic heterocycles. The van der Waals surface area contributed by atoms with Crippen LogP contribution in [-0.4, -0.2) is 19.6 Å². The lowest BCUT2D eigenvalue weighted by Crippen LogP contribution is -2.28. The van der Waals surface area contributed by atoms with Crippen LogP contribution >= 0.6 is 0 Å². The summed E-state index contributed by atoms with van der Waals surface area (Å²) in [6, 6.07) is 9.15. The lowest BCUT2D eigenvalue weighted by molar-refractivity contribution is -0.117. The molecule has 0 aliphatic rings. The van der Waals surface area contributed by atoms with Gasteiger partial charge < -0.3 is 15.4 Å². The first-order valence-corrected chi connectivity index (χ1v) is 6.36. The molecule has 0 spiro atoms. The van der Waals surface area contributed by atoms with Crippen molar-refractivity contribution < 1.29 is 9.53 Å². The molecule has 5 heteroatoms. The molecule has 1 rings (SSSR count). The highest BCUT2D eigenvalue weighted by atomic mass is 16.5. The van der Waals surface area contributed by atoms with Crippen LogP contribution in [-0.2, 0) is 4.79 Å². The van der Waals surface area contributed by atoms with Crippen LogP contribution in [0.25, 0.3) is 0 Å². The summed E-state index contributed by atoms with van der Waals surface area (Å²) in [6.45, 7) is 4.51. The minimum atomic E-state index is -0.386. The van der Waals surface area contributed by atoms with E-state index in [9.17, 15) is 4.79 Å². The maximum absolute atomic E-state index is 11.8. The van der Waals surface area contributed by atoms with Crippen molar-refractivity contribution in [3.8, 4) is 11.8 Å². The van der Waals surface area contributed by atoms with Crippen molar-refractivity contribution in [2.45, 2.75) is 13.8 Å². The number of methoxy groups -OCH3 is 1. The smallest absolute Gasteiger partial charge is 0.263 e. The number of nitriles is 1. The largest absolute Gasteiger partial charge is 0.495 e. The summed E-state index contributed by atoms with van der Waals surface area (Å²) in [7, 11) is 1.56. The van der Waals surface area contributed by atoms with Crippen molar-refractivity contribution >= 4 is 11.6 Å². The Morgan fingerprint density at radius 3 is 2.75 bits per heavy atom. The van der Waals surface area contributed by atoms with Gasteiger partial charge in [-0.3, -0.25) is 4.79 Å². The predicted molar refractivity (Wildman–Crippen MR) is 78.2 cm³/mol. The third-order valence-electron chi connectivity index (χ3n) is 2.51. The van der Waals surface area contributed by atoms with Crippen molar-refractivity contribution in [1.29, 1.82) is 5.26 Å². The van der Waals surface area contributed by atoms with Gasteiger partial charge in [0.1, 0.15) is 17.4 Å². The molecule has 0 saturated carbocycles. The Morgan fingerprint density at radius 2 is 2.15 bits per heavy atom. The van der Waals surface area contributed by atoms with Gasteiger partial charge in [-0.2, -0.15) is 5.26 Å². The minimum absolute atomic E-state index is 0.0246. The van der Waals surface area contributed by atoms with E-state index in [4.69, 9.17) is 10.00 Å². The number of rotatable bonds is 6. The third-order valence-corrected chi connectivity index (χ3v) is 2.51. The number of carbonyl (C=O) groups excluding carboxylic acids is 1. The highest BCUT2D eigenvalue weighted by Gasteiger charge is 2.09. The summed E-state index contributed by atoms with van der Waals surface area (Å²) >= 11 is 0. The third kappa shape index (κ3) is 4.65. The van der Waals surface area contributed by atoms with E-state index in [0.29, 0.717) is 23.9 Å². The van der Waals surface area contributed by atoms with Gasteiger partial charge in [0.15, 0.2) is 0 Å². The van der Waals surface area contributed by atoms with Gasteiger partial charge in [-0.05, 0) is 18.1 Å². The molecule has 5 nitrogen and oxygen atoms in total. The Kier molecular flexibility index (Phi) is 6.11. The Morgan fingerprint density at radius 1 is 1.45 bits per heavy atom. The average molecular weight is 273 g/mol. The number of hydrogen-bond donors (Lipinski definition) is 2. The molecule has 106 valence electrons. The maximum Gasteiger partial charge on any atom is 0.263 e. The van der Waals surface area contributed by atoms with Crippen LogP contribution in [0.15, 0.2) is 36.0 Å². The first-order valence-electron chi connectivity index (χ1n) is 6.36. The summed E-state index contributed by atoms with van der Waals surface area (Å²) in [5.74, 6) is 0.591. The second-order valence-corrected chi connectivity index (χ2v) is 4.62. The zero-order valence-electron chi connectivity index (χ0n) is 11.9. The summed E-state index contributed by atoms with van der Waals surface area (Å²) in [5, 5.41) is 14.6. The van der Waals surface area contributed by atoms with E-state index >= 15 is 0 Å². The van der Waals surface area contributed by atoms with Crippen LogP contribution in [0, 0.1) is 17.2 Å². The molecular formula is C15H19N3O2. The van der Waals surface area contributed by atoms with E-state index in [1.54, 1.807) is 19.2 Å². The Hall–Kier alpha value is -2.48. The molecule has 0 heterocycles. The molecule has 2 N–H and O–H groups in total. The van der Waals surface area contributed by atoms with Crippen molar-refractivity contribution in [3.05, 3.63) is 36.0 Å². The van der Waals surface area contributed by atoms with Crippen LogP contribution in [0.1, 0.15) is 13.8 Å². The quantitative estimate of drug-likeness (QED) is 0.616. The summed E-state index contributed by atoms with van der Waals surface area (Å²) < 4.78 is 5.18. The van der Waals surface area contributed by atoms with Gasteiger partial charge in [0.05, 0.1) is 12.8 Å². The first-order chi connectivity index (χ1) is 9.58. The van der Waals surface area contributed by atoms with Crippen molar-refractivity contribution in [3.63, 3.8) is 0 Å². The normalized spacial score (nSPS) is 10.8. The molecule has 0 aliphatic carbocycles. The number of carbonyl (C=O) groups is 1. The summed E-state index contributed by atoms with van der Waals surface area (Å²) in [4.78, 5) is 11.8. The highest BCUT2D eigenvalue weighted by Crippen LogP contribution is 2.23. The molecule has 0 unspecified atom stereocenters. The number of anilines is 1. The minimum Gasteiger partial charge on any atom is -0.495 e. The number of para-hydroxylation sites is 2. The summed E-state index contributed by atoms with van der Waals surface area (Å²) in [6.07, 6.45) is 1.38. The van der Waals surface area contributed by atoms with Crippen LogP contribution < -0.4 is 15.4 Å². The van der Waals surface area contributed by atoms with Crippen LogP contribution in [0.4, 0.5) is 5.69 Å². The first kappa shape index (κ1) is 15.6. The molecule has 1 amide bonds. The molecule has 1 aromatic rings. The monoisotopic (exact) mass is 273 g/mol. The molecular weight excluding hydrogens is 254 g/mol. The zero-order chi connectivity index (χ0) is 15.0. The molecule has 0 atom stereocenters. The van der Waals surface area contributed by atoms with Gasteiger partial charge in [-0.1, -0.05) is 26.0 Å². The number of hydrogen-bond acceptors (Lipinski definition) is 4. The topological polar surface area (TPSA) is 74.1 Å². The van der Waals surface area contributed by atoms with E-state index in [-0.39, 0.29) is 11.5 Å². The Balaban J connectivity index is 2.75. The van der Waals surface area contributed by atoms with Gasteiger partial charge in [0.25, 0.3) is 5.91 Å². The average Bonchev–Trinajstić information content (AvgIpc) is 2.46. The lowest BCUT2D eigenvalue weighted by Gasteiger charge is -2.09. The molecule has 0 fully saturated rings. The number of nitrogens with zero attached hydrogens (tertiary/aromatic N) is 1.